The van der Waals surface area contributed by atoms with Gasteiger partial charge < -0.3 is 23.8 Å². The molecule has 0 bridgehead atoms. The molecule has 1 fully saturated rings. The number of carbonyl (C=O) groups excluding carboxylic acids is 7. The zero-order valence-corrected chi connectivity index (χ0v) is 20.5. The number of rotatable bonds is 12. The van der Waals surface area contributed by atoms with Crippen molar-refractivity contribution in [1.29, 1.82) is 0 Å². The van der Waals surface area contributed by atoms with E-state index in [1.54, 1.807) is 20.8 Å². The molecule has 0 spiro atoms. The summed E-state index contributed by atoms with van der Waals surface area (Å²) in [7, 11) is 0. The zero-order valence-electron chi connectivity index (χ0n) is 20.5. The van der Waals surface area contributed by atoms with E-state index in [0.717, 1.165) is 13.3 Å². The summed E-state index contributed by atoms with van der Waals surface area (Å²) < 4.78 is 19.9. The van der Waals surface area contributed by atoms with E-state index in [9.17, 15) is 33.6 Å². The number of imide groups is 1. The molecule has 0 unspecified atom stereocenters. The van der Waals surface area contributed by atoms with Gasteiger partial charge in [0.15, 0.2) is 0 Å². The Kier molecular flexibility index (Phi) is 11.3. The van der Waals surface area contributed by atoms with Gasteiger partial charge in [0.25, 0.3) is 11.8 Å². The topological polar surface area (TPSA) is 169 Å². The standard InChI is InChI=1S/C22H31NO12/c1-6-7-10-31-18(27)11-14(32-13(2)24)20(29)33-15(12-19(28)34-22(3,4)5)21(30)35-23-16(25)8-9-17(23)26/h14-15H,6-12H2,1-5H3/t14-,15-/m0/s1. The number of nitrogens with zero attached hydrogens (tertiary/aromatic N) is 1. The van der Waals surface area contributed by atoms with Crippen LogP contribution in [0.1, 0.15) is 73.1 Å². The average molecular weight is 501 g/mol. The molecule has 1 heterocycles. The Bertz CT molecular complexity index is 828. The minimum absolute atomic E-state index is 0.0860. The maximum Gasteiger partial charge on any atom is 0.374 e. The van der Waals surface area contributed by atoms with Crippen LogP contribution in [-0.4, -0.2) is 71.1 Å². The molecule has 13 nitrogen and oxygen atoms in total. The molecule has 2 amide bonds. The maximum atomic E-state index is 12.7. The number of ether oxygens (including phenoxy) is 4. The van der Waals surface area contributed by atoms with Gasteiger partial charge in [0.1, 0.15) is 5.60 Å². The Morgan fingerprint density at radius 1 is 0.886 bits per heavy atom. The van der Waals surface area contributed by atoms with E-state index in [2.05, 4.69) is 0 Å². The molecule has 2 atom stereocenters. The summed E-state index contributed by atoms with van der Waals surface area (Å²) in [5, 5.41) is 0.215. The van der Waals surface area contributed by atoms with Crippen LogP contribution < -0.4 is 0 Å². The van der Waals surface area contributed by atoms with Crippen molar-refractivity contribution < 1.29 is 57.3 Å². The second-order valence-electron chi connectivity index (χ2n) is 8.58. The zero-order chi connectivity index (χ0) is 26.8. The molecule has 0 aromatic carbocycles. The van der Waals surface area contributed by atoms with Gasteiger partial charge in [-0.1, -0.05) is 13.3 Å². The minimum atomic E-state index is -1.98. The van der Waals surface area contributed by atoms with Crippen LogP contribution in [0.25, 0.3) is 0 Å². The van der Waals surface area contributed by atoms with Gasteiger partial charge in [-0.15, -0.1) is 5.06 Å². The van der Waals surface area contributed by atoms with Crippen LogP contribution in [-0.2, 0) is 57.3 Å². The van der Waals surface area contributed by atoms with Crippen molar-refractivity contribution in [2.24, 2.45) is 0 Å². The summed E-state index contributed by atoms with van der Waals surface area (Å²) in [6, 6.07) is 0. The van der Waals surface area contributed by atoms with Crippen molar-refractivity contribution >= 4 is 41.7 Å². The predicted molar refractivity (Wildman–Crippen MR) is 114 cm³/mol. The minimum Gasteiger partial charge on any atom is -0.466 e. The Morgan fingerprint density at radius 3 is 1.94 bits per heavy atom. The number of hydrogen-bond acceptors (Lipinski definition) is 12. The van der Waals surface area contributed by atoms with Gasteiger partial charge in [0.05, 0.1) is 19.4 Å². The van der Waals surface area contributed by atoms with Crippen LogP contribution in [0.4, 0.5) is 0 Å². The van der Waals surface area contributed by atoms with E-state index in [4.69, 9.17) is 23.8 Å². The molecule has 13 heteroatoms. The largest absolute Gasteiger partial charge is 0.466 e. The number of hydrogen-bond donors (Lipinski definition) is 0. The molecule has 35 heavy (non-hydrogen) atoms. The molecule has 1 saturated heterocycles. The number of hydroxylamine groups is 2. The van der Waals surface area contributed by atoms with Crippen molar-refractivity contribution in [2.75, 3.05) is 6.61 Å². The van der Waals surface area contributed by atoms with Gasteiger partial charge >= 0.3 is 29.8 Å². The lowest BCUT2D eigenvalue weighted by molar-refractivity contribution is -0.208. The quantitative estimate of drug-likeness (QED) is 0.160. The highest BCUT2D eigenvalue weighted by atomic mass is 16.7. The smallest absolute Gasteiger partial charge is 0.374 e. The highest BCUT2D eigenvalue weighted by Crippen LogP contribution is 2.17. The van der Waals surface area contributed by atoms with E-state index in [0.29, 0.717) is 6.42 Å². The van der Waals surface area contributed by atoms with E-state index in [1.165, 1.54) is 0 Å². The lowest BCUT2D eigenvalue weighted by Gasteiger charge is -2.23. The fourth-order valence-electron chi connectivity index (χ4n) is 2.64. The van der Waals surface area contributed by atoms with Gasteiger partial charge in [0.2, 0.25) is 12.2 Å². The van der Waals surface area contributed by atoms with Gasteiger partial charge in [-0.2, -0.15) is 0 Å². The molecule has 0 N–H and O–H groups in total. The summed E-state index contributed by atoms with van der Waals surface area (Å²) in [4.78, 5) is 89.2. The van der Waals surface area contributed by atoms with Crippen molar-refractivity contribution in [1.82, 2.24) is 5.06 Å². The van der Waals surface area contributed by atoms with Crippen LogP contribution in [0.5, 0.6) is 0 Å². The Labute approximate surface area is 202 Å². The number of unbranched alkanes of at least 4 members (excludes halogenated alkanes) is 1. The SMILES string of the molecule is CCCCOC(=O)C[C@H](OC(C)=O)C(=O)O[C@@H](CC(=O)OC(C)(C)C)C(=O)ON1C(=O)CCC1=O. The lowest BCUT2D eigenvalue weighted by atomic mass is 10.2. The van der Waals surface area contributed by atoms with Gasteiger partial charge in [0, 0.05) is 19.8 Å². The van der Waals surface area contributed by atoms with E-state index < -0.39 is 72.3 Å². The summed E-state index contributed by atoms with van der Waals surface area (Å²) in [5.41, 5.74) is -0.945. The molecule has 0 radical (unpaired) electrons. The first-order valence-electron chi connectivity index (χ1n) is 11.1. The van der Waals surface area contributed by atoms with Crippen LogP contribution >= 0.6 is 0 Å². The summed E-state index contributed by atoms with van der Waals surface area (Å²) in [5.74, 6) is -7.10. The van der Waals surface area contributed by atoms with Crippen LogP contribution in [0, 0.1) is 0 Å². The second-order valence-corrected chi connectivity index (χ2v) is 8.58. The third-order valence-electron chi connectivity index (χ3n) is 4.16. The van der Waals surface area contributed by atoms with E-state index in [-0.39, 0.29) is 24.5 Å². The van der Waals surface area contributed by atoms with Crippen LogP contribution in [0.2, 0.25) is 0 Å². The van der Waals surface area contributed by atoms with Crippen LogP contribution in [0.3, 0.4) is 0 Å². The van der Waals surface area contributed by atoms with Crippen molar-refractivity contribution in [3.05, 3.63) is 0 Å². The van der Waals surface area contributed by atoms with Gasteiger partial charge in [-0.05, 0) is 27.2 Å². The monoisotopic (exact) mass is 501 g/mol. The molecule has 0 saturated carbocycles. The fraction of sp³-hybridized carbons (Fsp3) is 0.682. The average Bonchev–Trinajstić information content (AvgIpc) is 3.03. The predicted octanol–water partition coefficient (Wildman–Crippen LogP) is 0.902. The molecular weight excluding hydrogens is 470 g/mol. The molecule has 1 rings (SSSR count). The van der Waals surface area contributed by atoms with Gasteiger partial charge in [-0.25, -0.2) is 9.59 Å². The second kappa shape index (κ2) is 13.4. The number of carbonyl (C=O) groups is 7. The van der Waals surface area contributed by atoms with Crippen molar-refractivity contribution in [2.45, 2.75) is 91.0 Å². The normalized spacial score (nSPS) is 15.2. The first-order valence-corrected chi connectivity index (χ1v) is 11.1. The van der Waals surface area contributed by atoms with Crippen LogP contribution in [0.15, 0.2) is 0 Å². The number of amides is 2. The Morgan fingerprint density at radius 2 is 1.43 bits per heavy atom. The summed E-state index contributed by atoms with van der Waals surface area (Å²) in [6.45, 7) is 7.63. The summed E-state index contributed by atoms with van der Waals surface area (Å²) >= 11 is 0. The molecule has 1 aliphatic heterocycles. The molecule has 0 aliphatic carbocycles. The molecule has 0 aromatic heterocycles. The number of esters is 4. The Balaban J connectivity index is 3.01. The van der Waals surface area contributed by atoms with Crippen molar-refractivity contribution in [3.63, 3.8) is 0 Å². The molecule has 196 valence electrons. The Hall–Kier alpha value is -3.51. The van der Waals surface area contributed by atoms with E-state index >= 15 is 0 Å². The van der Waals surface area contributed by atoms with E-state index in [1.807, 2.05) is 6.92 Å². The molecular formula is C22H31NO12. The first kappa shape index (κ1) is 29.5. The maximum absolute atomic E-state index is 12.7. The third kappa shape index (κ3) is 11.0. The fourth-order valence-corrected chi connectivity index (χ4v) is 2.64. The highest BCUT2D eigenvalue weighted by molar-refractivity contribution is 6.02. The van der Waals surface area contributed by atoms with Crippen molar-refractivity contribution in [3.8, 4) is 0 Å². The highest BCUT2D eigenvalue weighted by Gasteiger charge is 2.39. The molecule has 0 aromatic rings. The summed E-state index contributed by atoms with van der Waals surface area (Å²) in [6.07, 6.45) is -4.36. The van der Waals surface area contributed by atoms with Gasteiger partial charge in [-0.3, -0.25) is 24.0 Å². The molecule has 1 aliphatic rings. The third-order valence-corrected chi connectivity index (χ3v) is 4.16. The first-order chi connectivity index (χ1) is 16.2. The lowest BCUT2D eigenvalue weighted by Crippen LogP contribution is -2.42.